The highest BCUT2D eigenvalue weighted by atomic mass is 79.9. The number of amides is 2. The van der Waals surface area contributed by atoms with Crippen molar-refractivity contribution in [2.24, 2.45) is 0 Å². The number of benzene rings is 1. The van der Waals surface area contributed by atoms with Crippen molar-refractivity contribution in [2.45, 2.75) is 6.54 Å². The number of urea groups is 1. The van der Waals surface area contributed by atoms with Gasteiger partial charge in [-0.3, -0.25) is 0 Å². The summed E-state index contributed by atoms with van der Waals surface area (Å²) in [5.74, 6) is 0. The average Bonchev–Trinajstić information content (AvgIpc) is 2.14. The summed E-state index contributed by atoms with van der Waals surface area (Å²) in [6, 6.07) is 7.64. The van der Waals surface area contributed by atoms with Crippen molar-refractivity contribution < 1.29 is 4.79 Å². The van der Waals surface area contributed by atoms with E-state index < -0.39 is 0 Å². The Morgan fingerprint density at radius 2 is 2.31 bits per heavy atom. The van der Waals surface area contributed by atoms with Crippen molar-refractivity contribution in [1.82, 2.24) is 10.6 Å². The summed E-state index contributed by atoms with van der Waals surface area (Å²) < 4.78 is 1.02. The molecule has 1 aromatic rings. The van der Waals surface area contributed by atoms with Gasteiger partial charge in [-0.15, -0.1) is 0 Å². The topological polar surface area (TPSA) is 41.1 Å². The second-order valence-electron chi connectivity index (χ2n) is 2.56. The highest BCUT2D eigenvalue weighted by Crippen LogP contribution is 2.10. The summed E-state index contributed by atoms with van der Waals surface area (Å²) in [6.45, 7) is 0.541. The van der Waals surface area contributed by atoms with Gasteiger partial charge in [0.1, 0.15) is 0 Å². The molecular weight excluding hydrogens is 232 g/mol. The van der Waals surface area contributed by atoms with Crippen LogP contribution in [0.25, 0.3) is 0 Å². The molecule has 0 saturated heterocycles. The fourth-order valence-electron chi connectivity index (χ4n) is 0.918. The Kier molecular flexibility index (Phi) is 3.76. The lowest BCUT2D eigenvalue weighted by atomic mass is 10.2. The summed E-state index contributed by atoms with van der Waals surface area (Å²) in [5.41, 5.74) is 1.07. The SMILES string of the molecule is CNC(=O)NCc1cccc(Br)c1. The van der Waals surface area contributed by atoms with Crippen molar-refractivity contribution in [2.75, 3.05) is 7.05 Å². The Morgan fingerprint density at radius 3 is 2.92 bits per heavy atom. The Labute approximate surface area is 85.7 Å². The maximum atomic E-state index is 10.8. The van der Waals surface area contributed by atoms with E-state index in [0.29, 0.717) is 6.54 Å². The third-order valence-corrected chi connectivity index (χ3v) is 2.06. The van der Waals surface area contributed by atoms with E-state index in [0.717, 1.165) is 10.0 Å². The number of carbonyl (C=O) groups is 1. The maximum absolute atomic E-state index is 10.8. The zero-order chi connectivity index (χ0) is 9.68. The van der Waals surface area contributed by atoms with Crippen LogP contribution in [0.1, 0.15) is 5.56 Å². The molecule has 0 spiro atoms. The molecule has 13 heavy (non-hydrogen) atoms. The van der Waals surface area contributed by atoms with Gasteiger partial charge >= 0.3 is 6.03 Å². The Hall–Kier alpha value is -1.03. The van der Waals surface area contributed by atoms with Gasteiger partial charge in [0.15, 0.2) is 0 Å². The van der Waals surface area contributed by atoms with Crippen LogP contribution in [-0.4, -0.2) is 13.1 Å². The van der Waals surface area contributed by atoms with Crippen molar-refractivity contribution in [3.63, 3.8) is 0 Å². The molecule has 0 aliphatic rings. The monoisotopic (exact) mass is 242 g/mol. The van der Waals surface area contributed by atoms with Gasteiger partial charge in [-0.1, -0.05) is 28.1 Å². The minimum atomic E-state index is -0.167. The minimum Gasteiger partial charge on any atom is -0.341 e. The molecule has 1 rings (SSSR count). The highest BCUT2D eigenvalue weighted by molar-refractivity contribution is 9.10. The normalized spacial score (nSPS) is 9.38. The van der Waals surface area contributed by atoms with Crippen LogP contribution in [0.3, 0.4) is 0 Å². The van der Waals surface area contributed by atoms with Gasteiger partial charge in [-0.05, 0) is 17.7 Å². The Balaban J connectivity index is 2.50. The predicted octanol–water partition coefficient (Wildman–Crippen LogP) is 1.88. The molecule has 0 radical (unpaired) electrons. The van der Waals surface area contributed by atoms with E-state index >= 15 is 0 Å². The number of hydrogen-bond acceptors (Lipinski definition) is 1. The van der Waals surface area contributed by atoms with Crippen LogP contribution in [0.5, 0.6) is 0 Å². The first-order valence-electron chi connectivity index (χ1n) is 3.92. The molecule has 3 nitrogen and oxygen atoms in total. The first-order valence-corrected chi connectivity index (χ1v) is 4.71. The second kappa shape index (κ2) is 4.87. The molecule has 0 bridgehead atoms. The molecular formula is C9H11BrN2O. The van der Waals surface area contributed by atoms with E-state index in [4.69, 9.17) is 0 Å². The predicted molar refractivity (Wildman–Crippen MR) is 55.4 cm³/mol. The van der Waals surface area contributed by atoms with E-state index in [2.05, 4.69) is 26.6 Å². The molecule has 0 aromatic heterocycles. The average molecular weight is 243 g/mol. The van der Waals surface area contributed by atoms with Crippen LogP contribution in [-0.2, 0) is 6.54 Å². The summed E-state index contributed by atoms with van der Waals surface area (Å²) in [4.78, 5) is 10.8. The largest absolute Gasteiger partial charge is 0.341 e. The van der Waals surface area contributed by atoms with Crippen LogP contribution < -0.4 is 10.6 Å². The summed E-state index contributed by atoms with van der Waals surface area (Å²) in [7, 11) is 1.59. The van der Waals surface area contributed by atoms with E-state index in [-0.39, 0.29) is 6.03 Å². The van der Waals surface area contributed by atoms with Gasteiger partial charge in [0.05, 0.1) is 0 Å². The third-order valence-electron chi connectivity index (χ3n) is 1.57. The van der Waals surface area contributed by atoms with Crippen LogP contribution in [0.15, 0.2) is 28.7 Å². The number of hydrogen-bond donors (Lipinski definition) is 2. The molecule has 2 N–H and O–H groups in total. The van der Waals surface area contributed by atoms with Gasteiger partial charge in [-0.2, -0.15) is 0 Å². The molecule has 0 aliphatic heterocycles. The van der Waals surface area contributed by atoms with Gasteiger partial charge in [0.25, 0.3) is 0 Å². The lowest BCUT2D eigenvalue weighted by Gasteiger charge is -2.04. The third kappa shape index (κ3) is 3.46. The van der Waals surface area contributed by atoms with E-state index in [9.17, 15) is 4.79 Å². The van der Waals surface area contributed by atoms with Crippen LogP contribution in [0.2, 0.25) is 0 Å². The van der Waals surface area contributed by atoms with Crippen molar-refractivity contribution in [3.05, 3.63) is 34.3 Å². The van der Waals surface area contributed by atoms with Gasteiger partial charge < -0.3 is 10.6 Å². The minimum absolute atomic E-state index is 0.167. The number of nitrogens with one attached hydrogen (secondary N) is 2. The summed E-state index contributed by atoms with van der Waals surface area (Å²) in [5, 5.41) is 5.19. The summed E-state index contributed by atoms with van der Waals surface area (Å²) >= 11 is 3.36. The fourth-order valence-corrected chi connectivity index (χ4v) is 1.36. The number of halogens is 1. The van der Waals surface area contributed by atoms with Crippen molar-refractivity contribution in [3.8, 4) is 0 Å². The molecule has 4 heteroatoms. The Bertz CT molecular complexity index is 301. The van der Waals surface area contributed by atoms with Crippen molar-refractivity contribution >= 4 is 22.0 Å². The molecule has 0 fully saturated rings. The Morgan fingerprint density at radius 1 is 1.54 bits per heavy atom. The first-order chi connectivity index (χ1) is 6.22. The van der Waals surface area contributed by atoms with Crippen LogP contribution >= 0.6 is 15.9 Å². The molecule has 0 saturated carbocycles. The van der Waals surface area contributed by atoms with E-state index in [1.165, 1.54) is 0 Å². The molecule has 0 aliphatic carbocycles. The first kappa shape index (κ1) is 10.1. The molecule has 0 unspecified atom stereocenters. The molecule has 2 amide bonds. The quantitative estimate of drug-likeness (QED) is 0.818. The van der Waals surface area contributed by atoms with Gasteiger partial charge in [-0.25, -0.2) is 4.79 Å². The van der Waals surface area contributed by atoms with E-state index in [1.54, 1.807) is 7.05 Å². The molecule has 0 atom stereocenters. The fraction of sp³-hybridized carbons (Fsp3) is 0.222. The summed E-state index contributed by atoms with van der Waals surface area (Å²) in [6.07, 6.45) is 0. The highest BCUT2D eigenvalue weighted by Gasteiger charge is 1.96. The van der Waals surface area contributed by atoms with E-state index in [1.807, 2.05) is 24.3 Å². The van der Waals surface area contributed by atoms with Gasteiger partial charge in [0, 0.05) is 18.1 Å². The lowest BCUT2D eigenvalue weighted by molar-refractivity contribution is 0.242. The lowest BCUT2D eigenvalue weighted by Crippen LogP contribution is -2.32. The second-order valence-corrected chi connectivity index (χ2v) is 3.48. The number of rotatable bonds is 2. The molecule has 0 heterocycles. The van der Waals surface area contributed by atoms with Crippen LogP contribution in [0.4, 0.5) is 4.79 Å². The zero-order valence-corrected chi connectivity index (χ0v) is 8.89. The molecule has 70 valence electrons. The van der Waals surface area contributed by atoms with Gasteiger partial charge in [0.2, 0.25) is 0 Å². The maximum Gasteiger partial charge on any atom is 0.314 e. The van der Waals surface area contributed by atoms with Crippen LogP contribution in [0, 0.1) is 0 Å². The zero-order valence-electron chi connectivity index (χ0n) is 7.30. The van der Waals surface area contributed by atoms with Crippen molar-refractivity contribution in [1.29, 1.82) is 0 Å². The standard InChI is InChI=1S/C9H11BrN2O/c1-11-9(13)12-6-7-3-2-4-8(10)5-7/h2-5H,6H2,1H3,(H2,11,12,13). The number of carbonyl (C=O) groups excluding carboxylic acids is 1. The molecule has 1 aromatic carbocycles. The smallest absolute Gasteiger partial charge is 0.314 e.